The van der Waals surface area contributed by atoms with Gasteiger partial charge in [0.2, 0.25) is 0 Å². The Morgan fingerprint density at radius 1 is 0.786 bits per heavy atom. The van der Waals surface area contributed by atoms with E-state index in [1.54, 1.807) is 61.7 Å². The summed E-state index contributed by atoms with van der Waals surface area (Å²) in [5, 5.41) is 0.260. The Labute approximate surface area is 159 Å². The van der Waals surface area contributed by atoms with Crippen molar-refractivity contribution in [3.63, 3.8) is 0 Å². The van der Waals surface area contributed by atoms with Gasteiger partial charge < -0.3 is 19.4 Å². The molecule has 0 aliphatic carbocycles. The number of methoxy groups -OCH3 is 2. The normalized spacial score (nSPS) is 12.1. The average Bonchev–Trinajstić information content (AvgIpc) is 2.72. The summed E-state index contributed by atoms with van der Waals surface area (Å²) >= 11 is 0. The highest BCUT2D eigenvalue weighted by Gasteiger charge is 2.04. The van der Waals surface area contributed by atoms with E-state index in [0.717, 1.165) is 5.56 Å². The Kier molecular flexibility index (Phi) is 5.55. The molecule has 0 aliphatic heterocycles. The molecule has 0 atom stereocenters. The van der Waals surface area contributed by atoms with E-state index in [-0.39, 0.29) is 10.7 Å². The van der Waals surface area contributed by atoms with E-state index in [4.69, 9.17) is 4.74 Å². The van der Waals surface area contributed by atoms with Gasteiger partial charge in [0.25, 0.3) is 11.1 Å². The topological polar surface area (TPSA) is 101 Å². The van der Waals surface area contributed by atoms with E-state index in [1.165, 1.54) is 13.2 Å². The number of carbonyl (C=O) groups excluding carboxylic acids is 1. The molecular formula is C21H18N2O5. The van der Waals surface area contributed by atoms with Crippen LogP contribution in [-0.2, 0) is 4.74 Å². The number of aromatic amines is 2. The second kappa shape index (κ2) is 8.22. The van der Waals surface area contributed by atoms with Gasteiger partial charge in [-0.05, 0) is 47.5 Å². The van der Waals surface area contributed by atoms with Crippen LogP contribution in [0.3, 0.4) is 0 Å². The molecule has 2 N–H and O–H groups in total. The first-order valence-corrected chi connectivity index (χ1v) is 8.38. The third kappa shape index (κ3) is 4.27. The summed E-state index contributed by atoms with van der Waals surface area (Å²) in [4.78, 5) is 41.3. The van der Waals surface area contributed by atoms with Crippen molar-refractivity contribution in [2.75, 3.05) is 14.2 Å². The van der Waals surface area contributed by atoms with Gasteiger partial charge >= 0.3 is 5.97 Å². The van der Waals surface area contributed by atoms with E-state index in [2.05, 4.69) is 14.7 Å². The Bertz CT molecular complexity index is 1220. The van der Waals surface area contributed by atoms with Gasteiger partial charge in [0.05, 0.1) is 19.8 Å². The second-order valence-corrected chi connectivity index (χ2v) is 5.91. The zero-order valence-electron chi connectivity index (χ0n) is 15.3. The molecule has 7 heteroatoms. The summed E-state index contributed by atoms with van der Waals surface area (Å²) in [5.74, 6) is 0.249. The molecule has 0 fully saturated rings. The third-order valence-corrected chi connectivity index (χ3v) is 4.06. The molecule has 3 rings (SSSR count). The number of hydrogen-bond acceptors (Lipinski definition) is 5. The van der Waals surface area contributed by atoms with Crippen LogP contribution in [0.5, 0.6) is 5.75 Å². The van der Waals surface area contributed by atoms with Gasteiger partial charge in [-0.25, -0.2) is 4.79 Å². The van der Waals surface area contributed by atoms with Crippen molar-refractivity contribution in [3.05, 3.63) is 96.6 Å². The van der Waals surface area contributed by atoms with Crippen LogP contribution in [-0.4, -0.2) is 30.2 Å². The average molecular weight is 378 g/mol. The lowest BCUT2D eigenvalue weighted by atomic mass is 10.1. The fourth-order valence-corrected chi connectivity index (χ4v) is 2.56. The first-order chi connectivity index (χ1) is 13.5. The fourth-order valence-electron chi connectivity index (χ4n) is 2.56. The van der Waals surface area contributed by atoms with Crippen molar-refractivity contribution in [1.82, 2.24) is 9.97 Å². The summed E-state index contributed by atoms with van der Waals surface area (Å²) in [6, 6.07) is 13.5. The number of hydrogen-bond donors (Lipinski definition) is 2. The molecule has 142 valence electrons. The van der Waals surface area contributed by atoms with Crippen LogP contribution in [0.4, 0.5) is 0 Å². The maximum atomic E-state index is 12.3. The fraction of sp³-hybridized carbons (Fsp3) is 0.0952. The van der Waals surface area contributed by atoms with Crippen LogP contribution in [0.25, 0.3) is 12.2 Å². The number of H-pyrrole nitrogens is 2. The molecule has 7 nitrogen and oxygen atoms in total. The van der Waals surface area contributed by atoms with Crippen molar-refractivity contribution in [3.8, 4) is 5.75 Å². The van der Waals surface area contributed by atoms with Crippen molar-refractivity contribution in [2.45, 2.75) is 0 Å². The Morgan fingerprint density at radius 2 is 1.25 bits per heavy atom. The quantitative estimate of drug-likeness (QED) is 0.645. The van der Waals surface area contributed by atoms with Crippen molar-refractivity contribution in [1.29, 1.82) is 0 Å². The smallest absolute Gasteiger partial charge is 0.337 e. The lowest BCUT2D eigenvalue weighted by Crippen LogP contribution is -2.46. The molecule has 0 radical (unpaired) electrons. The number of carbonyl (C=O) groups is 1. The van der Waals surface area contributed by atoms with Crippen LogP contribution in [0.2, 0.25) is 0 Å². The molecular weight excluding hydrogens is 360 g/mol. The van der Waals surface area contributed by atoms with E-state index < -0.39 is 17.1 Å². The number of rotatable bonds is 4. The van der Waals surface area contributed by atoms with E-state index in [9.17, 15) is 14.4 Å². The number of benzene rings is 2. The monoisotopic (exact) mass is 378 g/mol. The van der Waals surface area contributed by atoms with E-state index in [1.807, 2.05) is 0 Å². The zero-order chi connectivity index (χ0) is 20.1. The van der Waals surface area contributed by atoms with E-state index in [0.29, 0.717) is 16.9 Å². The zero-order valence-corrected chi connectivity index (χ0v) is 15.3. The standard InChI is InChI=1S/C21H18N2O5/c1-27-16-9-5-14(6-10-16)12-18-20(25)22-17(19(24)23-18)11-13-3-7-15(8-4-13)21(26)28-2/h3-12H,1-2H3,(H,22,25)(H,23,24). The Morgan fingerprint density at radius 3 is 1.68 bits per heavy atom. The first-order valence-electron chi connectivity index (χ1n) is 8.38. The first kappa shape index (κ1) is 18.9. The molecule has 0 aliphatic rings. The molecule has 0 unspecified atom stereocenters. The van der Waals surface area contributed by atoms with Crippen LogP contribution in [0.15, 0.2) is 58.1 Å². The highest BCUT2D eigenvalue weighted by atomic mass is 16.5. The highest BCUT2D eigenvalue weighted by molar-refractivity contribution is 5.89. The highest BCUT2D eigenvalue weighted by Crippen LogP contribution is 2.11. The minimum atomic E-state index is -0.448. The van der Waals surface area contributed by atoms with Gasteiger partial charge in [-0.2, -0.15) is 0 Å². The van der Waals surface area contributed by atoms with Gasteiger partial charge in [-0.15, -0.1) is 0 Å². The molecule has 0 saturated heterocycles. The lowest BCUT2D eigenvalue weighted by Gasteiger charge is -1.99. The maximum absolute atomic E-state index is 12.3. The predicted octanol–water partition coefficient (Wildman–Crippen LogP) is 0.516. The van der Waals surface area contributed by atoms with Crippen LogP contribution in [0, 0.1) is 0 Å². The summed E-state index contributed by atoms with van der Waals surface area (Å²) in [7, 11) is 2.87. The van der Waals surface area contributed by atoms with Gasteiger partial charge in [-0.3, -0.25) is 9.59 Å². The van der Waals surface area contributed by atoms with Gasteiger partial charge in [0, 0.05) is 0 Å². The molecule has 0 bridgehead atoms. The number of nitrogens with one attached hydrogen (secondary N) is 2. The lowest BCUT2D eigenvalue weighted by molar-refractivity contribution is 0.0600. The number of aromatic nitrogens is 2. The summed E-state index contributed by atoms with van der Waals surface area (Å²) in [6.07, 6.45) is 3.10. The van der Waals surface area contributed by atoms with Crippen molar-refractivity contribution in [2.24, 2.45) is 0 Å². The van der Waals surface area contributed by atoms with Crippen molar-refractivity contribution < 1.29 is 14.3 Å². The SMILES string of the molecule is COC(=O)c1ccc(C=c2[nH]c(=O)c(=Cc3ccc(OC)cc3)[nH]c2=O)cc1. The largest absolute Gasteiger partial charge is 0.497 e. The molecule has 1 heterocycles. The molecule has 2 aromatic carbocycles. The molecule has 3 aromatic rings. The van der Waals surface area contributed by atoms with Crippen LogP contribution in [0.1, 0.15) is 21.5 Å². The van der Waals surface area contributed by atoms with E-state index >= 15 is 0 Å². The Balaban J connectivity index is 1.98. The number of ether oxygens (including phenoxy) is 2. The maximum Gasteiger partial charge on any atom is 0.337 e. The summed E-state index contributed by atoms with van der Waals surface area (Å²) in [5.41, 5.74) is 0.938. The number of esters is 1. The molecule has 0 spiro atoms. The second-order valence-electron chi connectivity index (χ2n) is 5.91. The van der Waals surface area contributed by atoms with Crippen LogP contribution < -0.4 is 26.6 Å². The molecule has 28 heavy (non-hydrogen) atoms. The summed E-state index contributed by atoms with van der Waals surface area (Å²) < 4.78 is 9.73. The van der Waals surface area contributed by atoms with Gasteiger partial charge in [-0.1, -0.05) is 24.3 Å². The third-order valence-electron chi connectivity index (χ3n) is 4.06. The Hall–Kier alpha value is -3.87. The molecule has 0 saturated carbocycles. The minimum absolute atomic E-state index is 0.114. The minimum Gasteiger partial charge on any atom is -0.497 e. The summed E-state index contributed by atoms with van der Waals surface area (Å²) in [6.45, 7) is 0. The van der Waals surface area contributed by atoms with Gasteiger partial charge in [0.1, 0.15) is 16.4 Å². The molecule has 0 amide bonds. The predicted molar refractivity (Wildman–Crippen MR) is 105 cm³/mol. The van der Waals surface area contributed by atoms with Crippen molar-refractivity contribution >= 4 is 18.1 Å². The molecule has 1 aromatic heterocycles. The van der Waals surface area contributed by atoms with Crippen LogP contribution >= 0.6 is 0 Å². The van der Waals surface area contributed by atoms with Gasteiger partial charge in [0.15, 0.2) is 0 Å².